The largest absolute Gasteiger partial charge is 0.478 e. The van der Waals surface area contributed by atoms with Crippen molar-refractivity contribution in [3.8, 4) is 0 Å². The van der Waals surface area contributed by atoms with Crippen LogP contribution in [0.3, 0.4) is 0 Å². The molecule has 2 aromatic rings. The monoisotopic (exact) mass is 242 g/mol. The molecule has 0 bridgehead atoms. The number of hydrogen-bond acceptors (Lipinski definition) is 3. The van der Waals surface area contributed by atoms with Gasteiger partial charge in [0.2, 0.25) is 0 Å². The summed E-state index contributed by atoms with van der Waals surface area (Å²) in [6.45, 7) is 0. The average molecular weight is 242 g/mol. The molecule has 0 saturated carbocycles. The lowest BCUT2D eigenvalue weighted by molar-refractivity contribution is 0.0696. The Morgan fingerprint density at radius 1 is 1.06 bits per heavy atom. The molecule has 18 heavy (non-hydrogen) atoms. The molecule has 0 saturated heterocycles. The number of pyridine rings is 1. The van der Waals surface area contributed by atoms with Crippen molar-refractivity contribution in [2.24, 2.45) is 0 Å². The Morgan fingerprint density at radius 2 is 1.78 bits per heavy atom. The molecule has 2 rings (SSSR count). The second-order valence-electron chi connectivity index (χ2n) is 3.55. The van der Waals surface area contributed by atoms with Crippen molar-refractivity contribution in [2.45, 2.75) is 0 Å². The lowest BCUT2D eigenvalue weighted by Crippen LogP contribution is -2.13. The van der Waals surface area contributed by atoms with E-state index in [1.807, 2.05) is 0 Å². The lowest BCUT2D eigenvalue weighted by atomic mass is 10.2. The summed E-state index contributed by atoms with van der Waals surface area (Å²) in [4.78, 5) is 26.3. The molecule has 5 heteroatoms. The standard InChI is InChI=1S/C13H10N2O3/c16-12(11-3-1-2-8-14-11)15-10-6-4-9(5-7-10)13(17)18/h1-8H,(H,15,16)(H,17,18). The zero-order valence-electron chi connectivity index (χ0n) is 9.33. The number of aromatic carboxylic acids is 1. The highest BCUT2D eigenvalue weighted by Gasteiger charge is 2.07. The molecule has 2 N–H and O–H groups in total. The van der Waals surface area contributed by atoms with Gasteiger partial charge in [-0.2, -0.15) is 0 Å². The second kappa shape index (κ2) is 5.09. The zero-order chi connectivity index (χ0) is 13.0. The summed E-state index contributed by atoms with van der Waals surface area (Å²) in [5, 5.41) is 11.4. The van der Waals surface area contributed by atoms with E-state index in [4.69, 9.17) is 5.11 Å². The Hall–Kier alpha value is -2.69. The van der Waals surface area contributed by atoms with Gasteiger partial charge in [0.1, 0.15) is 5.69 Å². The van der Waals surface area contributed by atoms with Gasteiger partial charge >= 0.3 is 5.97 Å². The first-order valence-corrected chi connectivity index (χ1v) is 5.22. The summed E-state index contributed by atoms with van der Waals surface area (Å²) >= 11 is 0. The summed E-state index contributed by atoms with van der Waals surface area (Å²) in [5.41, 5.74) is 1.00. The minimum Gasteiger partial charge on any atom is -0.478 e. The van der Waals surface area contributed by atoms with Gasteiger partial charge in [0.05, 0.1) is 5.56 Å². The van der Waals surface area contributed by atoms with Gasteiger partial charge in [0.25, 0.3) is 5.91 Å². The molecular weight excluding hydrogens is 232 g/mol. The lowest BCUT2D eigenvalue weighted by Gasteiger charge is -2.04. The van der Waals surface area contributed by atoms with Crippen LogP contribution < -0.4 is 5.32 Å². The van der Waals surface area contributed by atoms with E-state index in [0.717, 1.165) is 0 Å². The van der Waals surface area contributed by atoms with Gasteiger partial charge in [-0.3, -0.25) is 9.78 Å². The Kier molecular flexibility index (Phi) is 3.33. The van der Waals surface area contributed by atoms with Gasteiger partial charge < -0.3 is 10.4 Å². The Morgan fingerprint density at radius 3 is 2.33 bits per heavy atom. The second-order valence-corrected chi connectivity index (χ2v) is 3.55. The minimum absolute atomic E-state index is 0.172. The molecule has 0 atom stereocenters. The number of carboxylic acids is 1. The van der Waals surface area contributed by atoms with Crippen molar-refractivity contribution in [1.82, 2.24) is 4.98 Å². The third kappa shape index (κ3) is 2.70. The molecule has 0 fully saturated rings. The van der Waals surface area contributed by atoms with E-state index in [9.17, 15) is 9.59 Å². The van der Waals surface area contributed by atoms with Crippen molar-refractivity contribution < 1.29 is 14.7 Å². The Balaban J connectivity index is 2.10. The molecule has 5 nitrogen and oxygen atoms in total. The molecule has 0 aliphatic heterocycles. The third-order valence-electron chi connectivity index (χ3n) is 2.29. The van der Waals surface area contributed by atoms with Crippen molar-refractivity contribution in [2.75, 3.05) is 5.32 Å². The summed E-state index contributed by atoms with van der Waals surface area (Å²) in [6, 6.07) is 11.0. The van der Waals surface area contributed by atoms with E-state index in [2.05, 4.69) is 10.3 Å². The number of hydrogen-bond donors (Lipinski definition) is 2. The van der Waals surface area contributed by atoms with E-state index >= 15 is 0 Å². The van der Waals surface area contributed by atoms with Crippen molar-refractivity contribution in [1.29, 1.82) is 0 Å². The number of aromatic nitrogens is 1. The van der Waals surface area contributed by atoms with Crippen LogP contribution in [0.2, 0.25) is 0 Å². The fourth-order valence-electron chi connectivity index (χ4n) is 1.39. The number of nitrogens with zero attached hydrogens (tertiary/aromatic N) is 1. The first kappa shape index (κ1) is 11.8. The topological polar surface area (TPSA) is 79.3 Å². The molecule has 1 heterocycles. The summed E-state index contributed by atoms with van der Waals surface area (Å²) in [5.74, 6) is -1.34. The van der Waals surface area contributed by atoms with E-state index < -0.39 is 5.97 Å². The quantitative estimate of drug-likeness (QED) is 0.863. The van der Waals surface area contributed by atoms with Gasteiger partial charge in [0.15, 0.2) is 0 Å². The summed E-state index contributed by atoms with van der Waals surface area (Å²) < 4.78 is 0. The molecule has 0 aliphatic rings. The number of anilines is 1. The van der Waals surface area contributed by atoms with Crippen LogP contribution >= 0.6 is 0 Å². The minimum atomic E-state index is -1.00. The number of amides is 1. The predicted octanol–water partition coefficient (Wildman–Crippen LogP) is 2.03. The molecule has 90 valence electrons. The van der Waals surface area contributed by atoms with Crippen LogP contribution in [-0.2, 0) is 0 Å². The predicted molar refractivity (Wildman–Crippen MR) is 65.6 cm³/mol. The summed E-state index contributed by atoms with van der Waals surface area (Å²) in [6.07, 6.45) is 1.53. The zero-order valence-corrected chi connectivity index (χ0v) is 9.33. The van der Waals surface area contributed by atoms with Crippen LogP contribution in [0.4, 0.5) is 5.69 Å². The molecule has 0 unspecified atom stereocenters. The van der Waals surface area contributed by atoms with Crippen molar-refractivity contribution >= 4 is 17.6 Å². The van der Waals surface area contributed by atoms with Gasteiger partial charge in [-0.15, -0.1) is 0 Å². The van der Waals surface area contributed by atoms with Crippen LogP contribution in [0.5, 0.6) is 0 Å². The number of carboxylic acid groups (broad SMARTS) is 1. The van der Waals surface area contributed by atoms with Gasteiger partial charge in [-0.25, -0.2) is 4.79 Å². The fourth-order valence-corrected chi connectivity index (χ4v) is 1.39. The van der Waals surface area contributed by atoms with Crippen LogP contribution in [-0.4, -0.2) is 22.0 Å². The molecule has 0 spiro atoms. The fraction of sp³-hybridized carbons (Fsp3) is 0. The third-order valence-corrected chi connectivity index (χ3v) is 2.29. The molecule has 0 aliphatic carbocycles. The number of rotatable bonds is 3. The highest BCUT2D eigenvalue weighted by Crippen LogP contribution is 2.10. The number of nitrogens with one attached hydrogen (secondary N) is 1. The molecular formula is C13H10N2O3. The first-order chi connectivity index (χ1) is 8.66. The average Bonchev–Trinajstić information content (AvgIpc) is 2.40. The van der Waals surface area contributed by atoms with Crippen LogP contribution in [0.25, 0.3) is 0 Å². The van der Waals surface area contributed by atoms with Crippen molar-refractivity contribution in [3.05, 3.63) is 59.9 Å². The number of benzene rings is 1. The van der Waals surface area contributed by atoms with Gasteiger partial charge in [-0.1, -0.05) is 6.07 Å². The van der Waals surface area contributed by atoms with E-state index in [1.165, 1.54) is 30.5 Å². The highest BCUT2D eigenvalue weighted by molar-refractivity contribution is 6.03. The normalized spacial score (nSPS) is 9.78. The maximum atomic E-state index is 11.7. The maximum absolute atomic E-state index is 11.7. The van der Waals surface area contributed by atoms with E-state index in [1.54, 1.807) is 18.2 Å². The highest BCUT2D eigenvalue weighted by atomic mass is 16.4. The molecule has 1 amide bonds. The molecule has 1 aromatic carbocycles. The number of carbonyl (C=O) groups excluding carboxylic acids is 1. The summed E-state index contributed by atoms with van der Waals surface area (Å²) in [7, 11) is 0. The number of carbonyl (C=O) groups is 2. The SMILES string of the molecule is O=C(O)c1ccc(NC(=O)c2ccccn2)cc1. The van der Waals surface area contributed by atoms with Crippen LogP contribution in [0.15, 0.2) is 48.7 Å². The van der Waals surface area contributed by atoms with Crippen LogP contribution in [0, 0.1) is 0 Å². The van der Waals surface area contributed by atoms with E-state index in [-0.39, 0.29) is 11.5 Å². The van der Waals surface area contributed by atoms with Gasteiger partial charge in [-0.05, 0) is 36.4 Å². The first-order valence-electron chi connectivity index (χ1n) is 5.22. The Labute approximate surface area is 103 Å². The van der Waals surface area contributed by atoms with E-state index in [0.29, 0.717) is 11.4 Å². The smallest absolute Gasteiger partial charge is 0.335 e. The Bertz CT molecular complexity index is 565. The van der Waals surface area contributed by atoms with Crippen molar-refractivity contribution in [3.63, 3.8) is 0 Å². The van der Waals surface area contributed by atoms with Crippen LogP contribution in [0.1, 0.15) is 20.8 Å². The maximum Gasteiger partial charge on any atom is 0.335 e. The molecule has 1 aromatic heterocycles. The van der Waals surface area contributed by atoms with Gasteiger partial charge in [0, 0.05) is 11.9 Å². The molecule has 0 radical (unpaired) electrons.